The van der Waals surface area contributed by atoms with Gasteiger partial charge in [-0.15, -0.1) is 0 Å². The van der Waals surface area contributed by atoms with Crippen LogP contribution in [0.5, 0.6) is 0 Å². The van der Waals surface area contributed by atoms with E-state index in [1.54, 1.807) is 0 Å². The molecule has 1 fully saturated rings. The maximum atomic E-state index is 10.5. The minimum atomic E-state index is -0.756. The first-order valence-electron chi connectivity index (χ1n) is 2.36. The molecule has 0 radical (unpaired) electrons. The summed E-state index contributed by atoms with van der Waals surface area (Å²) in [4.78, 5) is 21.1. The maximum Gasteiger partial charge on any atom is 0.281 e. The molecule has 52 valence electrons. The van der Waals surface area contributed by atoms with Gasteiger partial charge >= 0.3 is 0 Å². The largest absolute Gasteiger partial charge is 0.297 e. The monoisotopic (exact) mass is 157 g/mol. The van der Waals surface area contributed by atoms with Crippen molar-refractivity contribution in [2.45, 2.75) is 0 Å². The lowest BCUT2D eigenvalue weighted by Gasteiger charge is -2.13. The number of carbonyl (C=O) groups excluding carboxylic acids is 2. The van der Waals surface area contributed by atoms with Crippen LogP contribution in [0.15, 0.2) is 0 Å². The summed E-state index contributed by atoms with van der Waals surface area (Å²) >= 11 is 4.45. The predicted molar refractivity (Wildman–Crippen MR) is 36.6 cm³/mol. The molecule has 5 nitrogen and oxygen atoms in total. The fraction of sp³-hybridized carbons (Fsp3) is 0. The van der Waals surface area contributed by atoms with Crippen LogP contribution in [0.1, 0.15) is 0 Å². The molecular formula is C4H3N3O2S. The van der Waals surface area contributed by atoms with Gasteiger partial charge in [0.15, 0.2) is 10.8 Å². The van der Waals surface area contributed by atoms with Gasteiger partial charge in [-0.1, -0.05) is 0 Å². The van der Waals surface area contributed by atoms with E-state index in [2.05, 4.69) is 22.9 Å². The minimum absolute atomic E-state index is 0.0500. The summed E-state index contributed by atoms with van der Waals surface area (Å²) in [5.74, 6) is -1.51. The molecule has 0 saturated carbocycles. The second kappa shape index (κ2) is 2.14. The second-order valence-corrected chi connectivity index (χ2v) is 2.02. The number of thiocarbonyl (C=S) groups is 1. The third-order valence-corrected chi connectivity index (χ3v) is 1.11. The molecule has 3 N–H and O–H groups in total. The van der Waals surface area contributed by atoms with E-state index in [0.29, 0.717) is 0 Å². The first-order chi connectivity index (χ1) is 4.61. The Balaban J connectivity index is 2.86. The van der Waals surface area contributed by atoms with Crippen LogP contribution in [0.4, 0.5) is 0 Å². The van der Waals surface area contributed by atoms with Crippen LogP contribution in [0, 0.1) is 5.41 Å². The van der Waals surface area contributed by atoms with E-state index in [1.165, 1.54) is 0 Å². The number of amides is 2. The molecule has 1 saturated heterocycles. The smallest absolute Gasteiger partial charge is 0.281 e. The summed E-state index contributed by atoms with van der Waals surface area (Å²) in [5, 5.41) is 10.9. The van der Waals surface area contributed by atoms with Crippen molar-refractivity contribution in [1.29, 1.82) is 5.41 Å². The molecule has 0 aliphatic carbocycles. The third kappa shape index (κ3) is 1.01. The fourth-order valence-electron chi connectivity index (χ4n) is 0.466. The maximum absolute atomic E-state index is 10.5. The van der Waals surface area contributed by atoms with Crippen LogP contribution in [0.3, 0.4) is 0 Å². The van der Waals surface area contributed by atoms with Gasteiger partial charge in [-0.25, -0.2) is 0 Å². The lowest BCUT2D eigenvalue weighted by atomic mass is 10.3. The number of nitrogens with one attached hydrogen (secondary N) is 3. The van der Waals surface area contributed by atoms with Gasteiger partial charge in [0.25, 0.3) is 11.8 Å². The summed E-state index contributed by atoms with van der Waals surface area (Å²) < 4.78 is 0. The van der Waals surface area contributed by atoms with E-state index in [1.807, 2.05) is 0 Å². The van der Waals surface area contributed by atoms with Gasteiger partial charge in [-0.2, -0.15) is 0 Å². The average Bonchev–Trinajstić information content (AvgIpc) is 1.82. The van der Waals surface area contributed by atoms with Crippen molar-refractivity contribution >= 4 is 34.9 Å². The highest BCUT2D eigenvalue weighted by atomic mass is 32.1. The van der Waals surface area contributed by atoms with Crippen molar-refractivity contribution in [3.8, 4) is 0 Å². The summed E-state index contributed by atoms with van der Waals surface area (Å²) in [6, 6.07) is 0. The first-order valence-corrected chi connectivity index (χ1v) is 2.77. The van der Waals surface area contributed by atoms with Crippen LogP contribution in [-0.4, -0.2) is 22.6 Å². The van der Waals surface area contributed by atoms with Crippen molar-refractivity contribution in [1.82, 2.24) is 10.6 Å². The zero-order chi connectivity index (χ0) is 7.72. The molecule has 0 bridgehead atoms. The number of rotatable bonds is 0. The third-order valence-electron chi connectivity index (χ3n) is 0.908. The van der Waals surface area contributed by atoms with Gasteiger partial charge in [0.1, 0.15) is 0 Å². The van der Waals surface area contributed by atoms with Gasteiger partial charge < -0.3 is 0 Å². The Hall–Kier alpha value is -1.30. The van der Waals surface area contributed by atoms with E-state index >= 15 is 0 Å². The van der Waals surface area contributed by atoms with Crippen molar-refractivity contribution in [3.05, 3.63) is 0 Å². The molecule has 0 spiro atoms. The van der Waals surface area contributed by atoms with E-state index in [-0.39, 0.29) is 5.11 Å². The molecule has 0 atom stereocenters. The standard InChI is InChI=1S/C4H3N3O2S/c5-1-2(8)6-4(10)7-3(1)9/h5H,(H2,6,7,8,9,10). The molecule has 6 heteroatoms. The molecule has 0 aromatic heterocycles. The predicted octanol–water partition coefficient (Wildman–Crippen LogP) is -1.46. The fourth-order valence-corrected chi connectivity index (χ4v) is 0.651. The molecule has 1 heterocycles. The quantitative estimate of drug-likeness (QED) is 0.376. The van der Waals surface area contributed by atoms with Crippen molar-refractivity contribution in [2.75, 3.05) is 0 Å². The summed E-state index contributed by atoms with van der Waals surface area (Å²) in [7, 11) is 0. The van der Waals surface area contributed by atoms with Crippen LogP contribution in [-0.2, 0) is 9.59 Å². The highest BCUT2D eigenvalue weighted by Crippen LogP contribution is 1.83. The Morgan fingerprint density at radius 1 is 1.20 bits per heavy atom. The van der Waals surface area contributed by atoms with Crippen LogP contribution >= 0.6 is 12.2 Å². The van der Waals surface area contributed by atoms with Gasteiger partial charge in [0.2, 0.25) is 0 Å². The van der Waals surface area contributed by atoms with Crippen LogP contribution in [0.2, 0.25) is 0 Å². The average molecular weight is 157 g/mol. The topological polar surface area (TPSA) is 82.1 Å². The van der Waals surface area contributed by atoms with Crippen molar-refractivity contribution in [3.63, 3.8) is 0 Å². The SMILES string of the molecule is N=C1C(=O)NC(=S)NC1=O. The zero-order valence-electron chi connectivity index (χ0n) is 4.72. The highest BCUT2D eigenvalue weighted by Gasteiger charge is 2.25. The van der Waals surface area contributed by atoms with Gasteiger partial charge in [0, 0.05) is 0 Å². The normalized spacial score (nSPS) is 18.4. The highest BCUT2D eigenvalue weighted by molar-refractivity contribution is 7.80. The zero-order valence-corrected chi connectivity index (χ0v) is 5.54. The van der Waals surface area contributed by atoms with Gasteiger partial charge in [-0.3, -0.25) is 25.6 Å². The van der Waals surface area contributed by atoms with Crippen LogP contribution < -0.4 is 10.6 Å². The Morgan fingerprint density at radius 3 is 2.00 bits per heavy atom. The summed E-state index contributed by atoms with van der Waals surface area (Å²) in [6.07, 6.45) is 0. The molecule has 0 aromatic carbocycles. The van der Waals surface area contributed by atoms with Gasteiger partial charge in [-0.05, 0) is 12.2 Å². The van der Waals surface area contributed by atoms with E-state index in [0.717, 1.165) is 0 Å². The van der Waals surface area contributed by atoms with Crippen molar-refractivity contribution in [2.24, 2.45) is 0 Å². The number of hydrogen-bond acceptors (Lipinski definition) is 4. The summed E-state index contributed by atoms with van der Waals surface area (Å²) in [6.45, 7) is 0. The lowest BCUT2D eigenvalue weighted by molar-refractivity contribution is -0.118. The number of hydrogen-bond donors (Lipinski definition) is 3. The molecule has 10 heavy (non-hydrogen) atoms. The Morgan fingerprint density at radius 2 is 1.60 bits per heavy atom. The molecule has 1 aliphatic rings. The molecule has 0 unspecified atom stereocenters. The number of carbonyl (C=O) groups is 2. The Labute approximate surface area is 61.3 Å². The van der Waals surface area contributed by atoms with E-state index in [4.69, 9.17) is 5.41 Å². The molecule has 0 aromatic rings. The Bertz CT molecular complexity index is 225. The molecule has 1 rings (SSSR count). The lowest BCUT2D eigenvalue weighted by Crippen LogP contribution is -2.55. The van der Waals surface area contributed by atoms with Gasteiger partial charge in [0.05, 0.1) is 0 Å². The van der Waals surface area contributed by atoms with Crippen LogP contribution in [0.25, 0.3) is 0 Å². The first kappa shape index (κ1) is 6.81. The van der Waals surface area contributed by atoms with E-state index < -0.39 is 17.5 Å². The minimum Gasteiger partial charge on any atom is -0.297 e. The second-order valence-electron chi connectivity index (χ2n) is 1.61. The van der Waals surface area contributed by atoms with Crippen molar-refractivity contribution < 1.29 is 9.59 Å². The molecule has 1 aliphatic heterocycles. The summed E-state index contributed by atoms with van der Waals surface area (Å²) in [5.41, 5.74) is -0.617. The Kier molecular flexibility index (Phi) is 1.46. The molecule has 2 amide bonds. The van der Waals surface area contributed by atoms with E-state index in [9.17, 15) is 9.59 Å². The molecular weight excluding hydrogens is 154 g/mol.